The minimum Gasteiger partial charge on any atom is -0.316 e. The van der Waals surface area contributed by atoms with Crippen molar-refractivity contribution in [3.8, 4) is 0 Å². The molecule has 0 spiro atoms. The highest BCUT2D eigenvalue weighted by Gasteiger charge is 2.30. The van der Waals surface area contributed by atoms with Gasteiger partial charge in [0.05, 0.1) is 4.90 Å². The van der Waals surface area contributed by atoms with Crippen molar-refractivity contribution in [2.24, 2.45) is 0 Å². The summed E-state index contributed by atoms with van der Waals surface area (Å²) in [5.74, 6) is -1.05. The van der Waals surface area contributed by atoms with Gasteiger partial charge in [0.25, 0.3) is 0 Å². The first kappa shape index (κ1) is 17.3. The number of piperidine rings is 1. The molecule has 1 N–H and O–H groups in total. The summed E-state index contributed by atoms with van der Waals surface area (Å²) >= 11 is 0. The zero-order chi connectivity index (χ0) is 16.5. The van der Waals surface area contributed by atoms with Gasteiger partial charge < -0.3 is 5.32 Å². The molecule has 9 heteroatoms. The predicted molar refractivity (Wildman–Crippen MR) is 80.4 cm³/mol. The molecule has 1 aliphatic heterocycles. The minimum atomic E-state index is -3.83. The van der Waals surface area contributed by atoms with Crippen LogP contribution in [0.2, 0.25) is 0 Å². The minimum absolute atomic E-state index is 0.0589. The maximum atomic E-state index is 13.9. The second-order valence-corrected chi connectivity index (χ2v) is 9.28. The highest BCUT2D eigenvalue weighted by molar-refractivity contribution is 7.90. The van der Waals surface area contributed by atoms with E-state index in [-0.39, 0.29) is 10.9 Å². The van der Waals surface area contributed by atoms with Crippen LogP contribution < -0.4 is 5.32 Å². The number of benzene rings is 1. The largest absolute Gasteiger partial charge is 0.316 e. The molecule has 0 saturated carbocycles. The van der Waals surface area contributed by atoms with Crippen LogP contribution in [0.15, 0.2) is 28.0 Å². The van der Waals surface area contributed by atoms with Gasteiger partial charge in [-0.1, -0.05) is 0 Å². The number of sulfonamides is 1. The summed E-state index contributed by atoms with van der Waals surface area (Å²) in [6.45, 7) is 0.685. The fourth-order valence-corrected chi connectivity index (χ4v) is 4.75. The average Bonchev–Trinajstić information content (AvgIpc) is 2.45. The number of halogens is 1. The lowest BCUT2D eigenvalue weighted by atomic mass is 10.1. The summed E-state index contributed by atoms with van der Waals surface area (Å²) in [4.78, 5) is -0.729. The molecule has 1 aromatic carbocycles. The number of hydrogen-bond donors (Lipinski definition) is 1. The Morgan fingerprint density at radius 1 is 1.27 bits per heavy atom. The first-order chi connectivity index (χ1) is 10.2. The number of sulfone groups is 1. The van der Waals surface area contributed by atoms with Crippen molar-refractivity contribution >= 4 is 19.9 Å². The Labute approximate surface area is 130 Å². The third-order valence-electron chi connectivity index (χ3n) is 3.73. The number of likely N-dealkylation sites (N-methyl/N-ethyl adjacent to an activating group) is 1. The van der Waals surface area contributed by atoms with Crippen LogP contribution in [0.5, 0.6) is 0 Å². The Kier molecular flexibility index (Phi) is 4.90. The van der Waals surface area contributed by atoms with Gasteiger partial charge in [0.15, 0.2) is 9.84 Å². The molecule has 1 saturated heterocycles. The van der Waals surface area contributed by atoms with Crippen molar-refractivity contribution in [1.29, 1.82) is 0 Å². The summed E-state index contributed by atoms with van der Waals surface area (Å²) in [7, 11) is -5.79. The summed E-state index contributed by atoms with van der Waals surface area (Å²) in [5.41, 5.74) is 0. The zero-order valence-electron chi connectivity index (χ0n) is 12.4. The summed E-state index contributed by atoms with van der Waals surface area (Å²) in [6, 6.07) is 2.97. The Bertz CT molecular complexity index is 762. The lowest BCUT2D eigenvalue weighted by Gasteiger charge is -2.31. The molecule has 1 aromatic rings. The SMILES string of the molecule is CNC1CCCN(S(=O)(=O)c2ccc(S(C)(=O)=O)c(F)c2)C1. The van der Waals surface area contributed by atoms with Gasteiger partial charge >= 0.3 is 0 Å². The molecule has 0 radical (unpaired) electrons. The number of rotatable bonds is 4. The van der Waals surface area contributed by atoms with E-state index in [9.17, 15) is 21.2 Å². The third kappa shape index (κ3) is 3.48. The van der Waals surface area contributed by atoms with Crippen LogP contribution in [0.4, 0.5) is 4.39 Å². The monoisotopic (exact) mass is 350 g/mol. The molecule has 1 aliphatic rings. The third-order valence-corrected chi connectivity index (χ3v) is 6.72. The van der Waals surface area contributed by atoms with Crippen LogP contribution in [-0.4, -0.2) is 53.6 Å². The summed E-state index contributed by atoms with van der Waals surface area (Å²) in [6.07, 6.45) is 2.47. The second kappa shape index (κ2) is 6.23. The molecular weight excluding hydrogens is 331 g/mol. The number of nitrogens with one attached hydrogen (secondary N) is 1. The molecule has 2 rings (SSSR count). The molecule has 1 heterocycles. The topological polar surface area (TPSA) is 83.6 Å². The summed E-state index contributed by atoms with van der Waals surface area (Å²) < 4.78 is 63.1. The highest BCUT2D eigenvalue weighted by Crippen LogP contribution is 2.24. The lowest BCUT2D eigenvalue weighted by Crippen LogP contribution is -2.46. The Morgan fingerprint density at radius 2 is 1.95 bits per heavy atom. The van der Waals surface area contributed by atoms with E-state index >= 15 is 0 Å². The quantitative estimate of drug-likeness (QED) is 0.860. The van der Waals surface area contributed by atoms with E-state index in [1.165, 1.54) is 4.31 Å². The van der Waals surface area contributed by atoms with E-state index in [2.05, 4.69) is 5.32 Å². The van der Waals surface area contributed by atoms with Crippen LogP contribution >= 0.6 is 0 Å². The first-order valence-corrected chi connectivity index (χ1v) is 10.2. The predicted octanol–water partition coefficient (Wildman–Crippen LogP) is 0.602. The van der Waals surface area contributed by atoms with Crippen LogP contribution in [-0.2, 0) is 19.9 Å². The Morgan fingerprint density at radius 3 is 2.50 bits per heavy atom. The second-order valence-electron chi connectivity index (χ2n) is 5.36. The molecule has 0 aliphatic carbocycles. The van der Waals surface area contributed by atoms with Gasteiger partial charge in [-0.25, -0.2) is 21.2 Å². The van der Waals surface area contributed by atoms with E-state index in [1.807, 2.05) is 0 Å². The molecule has 1 unspecified atom stereocenters. The highest BCUT2D eigenvalue weighted by atomic mass is 32.2. The van der Waals surface area contributed by atoms with Crippen LogP contribution in [0.25, 0.3) is 0 Å². The van der Waals surface area contributed by atoms with Gasteiger partial charge in [-0.3, -0.25) is 0 Å². The number of hydrogen-bond acceptors (Lipinski definition) is 5. The van der Waals surface area contributed by atoms with Crippen molar-refractivity contribution in [3.05, 3.63) is 24.0 Å². The number of nitrogens with zero attached hydrogens (tertiary/aromatic N) is 1. The standard InChI is InChI=1S/C13H19FN2O4S2/c1-15-10-4-3-7-16(9-10)22(19,20)11-5-6-13(12(14)8-11)21(2,17)18/h5-6,8,10,15H,3-4,7,9H2,1-2H3. The van der Waals surface area contributed by atoms with Crippen molar-refractivity contribution in [2.45, 2.75) is 28.7 Å². The van der Waals surface area contributed by atoms with Gasteiger partial charge in [-0.05, 0) is 38.1 Å². The molecule has 1 fully saturated rings. The van der Waals surface area contributed by atoms with E-state index in [0.29, 0.717) is 19.5 Å². The molecule has 0 aromatic heterocycles. The lowest BCUT2D eigenvalue weighted by molar-refractivity contribution is 0.292. The molecule has 124 valence electrons. The van der Waals surface area contributed by atoms with E-state index in [0.717, 1.165) is 30.9 Å². The molecule has 22 heavy (non-hydrogen) atoms. The fraction of sp³-hybridized carbons (Fsp3) is 0.538. The normalized spacial score (nSPS) is 21.0. The van der Waals surface area contributed by atoms with Crippen molar-refractivity contribution in [3.63, 3.8) is 0 Å². The van der Waals surface area contributed by atoms with Crippen LogP contribution in [0.3, 0.4) is 0 Å². The molecule has 0 amide bonds. The molecule has 0 bridgehead atoms. The van der Waals surface area contributed by atoms with Crippen LogP contribution in [0.1, 0.15) is 12.8 Å². The zero-order valence-corrected chi connectivity index (χ0v) is 14.0. The fourth-order valence-electron chi connectivity index (χ4n) is 2.49. The van der Waals surface area contributed by atoms with Crippen LogP contribution in [0, 0.1) is 5.82 Å². The van der Waals surface area contributed by atoms with Gasteiger partial charge in [0.1, 0.15) is 10.7 Å². The molecule has 1 atom stereocenters. The maximum absolute atomic E-state index is 13.9. The maximum Gasteiger partial charge on any atom is 0.243 e. The van der Waals surface area contributed by atoms with E-state index in [4.69, 9.17) is 0 Å². The van der Waals surface area contributed by atoms with E-state index in [1.54, 1.807) is 7.05 Å². The van der Waals surface area contributed by atoms with E-state index < -0.39 is 30.6 Å². The summed E-state index contributed by atoms with van der Waals surface area (Å²) in [5, 5.41) is 3.04. The van der Waals surface area contributed by atoms with Gasteiger partial charge in [0, 0.05) is 25.4 Å². The Balaban J connectivity index is 2.36. The van der Waals surface area contributed by atoms with Crippen molar-refractivity contribution < 1.29 is 21.2 Å². The van der Waals surface area contributed by atoms with Crippen molar-refractivity contribution in [2.75, 3.05) is 26.4 Å². The average molecular weight is 350 g/mol. The van der Waals surface area contributed by atoms with Gasteiger partial charge in [-0.2, -0.15) is 4.31 Å². The first-order valence-electron chi connectivity index (χ1n) is 6.83. The smallest absolute Gasteiger partial charge is 0.243 e. The molecular formula is C13H19FN2O4S2. The van der Waals surface area contributed by atoms with Crippen molar-refractivity contribution in [1.82, 2.24) is 9.62 Å². The Hall–Kier alpha value is -1.03. The molecule has 6 nitrogen and oxygen atoms in total. The van der Waals surface area contributed by atoms with Gasteiger partial charge in [-0.15, -0.1) is 0 Å². The van der Waals surface area contributed by atoms with Gasteiger partial charge in [0.2, 0.25) is 10.0 Å².